The number of aliphatic carboxylic acids is 1. The molecule has 1 aromatic carbocycles. The average molecular weight is 305 g/mol. The van der Waals surface area contributed by atoms with Crippen LogP contribution in [0.3, 0.4) is 0 Å². The summed E-state index contributed by atoms with van der Waals surface area (Å²) in [5.74, 6) is -0.716. The second kappa shape index (κ2) is 7.82. The smallest absolute Gasteiger partial charge is 0.306 e. The van der Waals surface area contributed by atoms with Gasteiger partial charge in [0.05, 0.1) is 12.5 Å². The summed E-state index contributed by atoms with van der Waals surface area (Å²) in [6, 6.07) is 7.26. The lowest BCUT2D eigenvalue weighted by Crippen LogP contribution is -2.30. The summed E-state index contributed by atoms with van der Waals surface area (Å²) in [4.78, 5) is 23.3. The molecule has 5 nitrogen and oxygen atoms in total. The Morgan fingerprint density at radius 3 is 2.55 bits per heavy atom. The van der Waals surface area contributed by atoms with Gasteiger partial charge in [-0.05, 0) is 49.9 Å². The van der Waals surface area contributed by atoms with Gasteiger partial charge in [-0.3, -0.25) is 9.59 Å². The van der Waals surface area contributed by atoms with Gasteiger partial charge in [-0.25, -0.2) is 0 Å². The van der Waals surface area contributed by atoms with Gasteiger partial charge in [0.2, 0.25) is 5.91 Å². The number of nitrogens with one attached hydrogen (secondary N) is 1. The molecule has 1 saturated carbocycles. The summed E-state index contributed by atoms with van der Waals surface area (Å²) >= 11 is 0. The van der Waals surface area contributed by atoms with Crippen LogP contribution in [0.15, 0.2) is 24.3 Å². The highest BCUT2D eigenvalue weighted by Crippen LogP contribution is 2.30. The Morgan fingerprint density at radius 2 is 1.91 bits per heavy atom. The Morgan fingerprint density at radius 1 is 1.23 bits per heavy atom. The fourth-order valence-corrected chi connectivity index (χ4v) is 2.75. The van der Waals surface area contributed by atoms with E-state index in [2.05, 4.69) is 5.32 Å². The third-order valence-corrected chi connectivity index (χ3v) is 3.99. The zero-order valence-electron chi connectivity index (χ0n) is 12.9. The van der Waals surface area contributed by atoms with Gasteiger partial charge >= 0.3 is 5.97 Å². The van der Waals surface area contributed by atoms with E-state index in [1.807, 2.05) is 19.1 Å². The molecular weight excluding hydrogens is 282 g/mol. The third kappa shape index (κ3) is 4.48. The van der Waals surface area contributed by atoms with Gasteiger partial charge < -0.3 is 15.2 Å². The number of carboxylic acid groups (broad SMARTS) is 1. The average Bonchev–Trinajstić information content (AvgIpc) is 2.54. The maximum atomic E-state index is 12.3. The van der Waals surface area contributed by atoms with Crippen LogP contribution in [0, 0.1) is 11.8 Å². The third-order valence-electron chi connectivity index (χ3n) is 3.99. The second-order valence-corrected chi connectivity index (χ2v) is 5.76. The van der Waals surface area contributed by atoms with Crippen molar-refractivity contribution < 1.29 is 19.4 Å². The van der Waals surface area contributed by atoms with Crippen molar-refractivity contribution in [3.8, 4) is 5.75 Å². The minimum Gasteiger partial charge on any atom is -0.494 e. The number of rotatable bonds is 6. The molecule has 1 amide bonds. The summed E-state index contributed by atoms with van der Waals surface area (Å²) in [5, 5.41) is 12.0. The Bertz CT molecular complexity index is 512. The first-order valence-electron chi connectivity index (χ1n) is 7.86. The molecule has 2 N–H and O–H groups in total. The monoisotopic (exact) mass is 305 g/mol. The fourth-order valence-electron chi connectivity index (χ4n) is 2.75. The number of anilines is 1. The van der Waals surface area contributed by atoms with Gasteiger partial charge in [-0.2, -0.15) is 0 Å². The normalized spacial score (nSPS) is 21.1. The molecular formula is C17H23NO4. The van der Waals surface area contributed by atoms with E-state index in [4.69, 9.17) is 9.84 Å². The lowest BCUT2D eigenvalue weighted by molar-refractivity contribution is -0.143. The van der Waals surface area contributed by atoms with E-state index >= 15 is 0 Å². The quantitative estimate of drug-likeness (QED) is 0.845. The van der Waals surface area contributed by atoms with Crippen molar-refractivity contribution in [3.05, 3.63) is 24.3 Å². The molecule has 0 saturated heterocycles. The molecule has 1 aromatic rings. The number of carbonyl (C=O) groups is 2. The predicted molar refractivity (Wildman–Crippen MR) is 83.9 cm³/mol. The van der Waals surface area contributed by atoms with Crippen molar-refractivity contribution in [2.75, 3.05) is 11.9 Å². The highest BCUT2D eigenvalue weighted by Gasteiger charge is 2.30. The van der Waals surface area contributed by atoms with Crippen LogP contribution in [0.5, 0.6) is 5.75 Å². The summed E-state index contributed by atoms with van der Waals surface area (Å²) in [7, 11) is 0. The maximum Gasteiger partial charge on any atom is 0.306 e. The molecule has 1 aliphatic rings. The molecule has 0 bridgehead atoms. The number of benzene rings is 1. The number of hydrogen-bond acceptors (Lipinski definition) is 3. The van der Waals surface area contributed by atoms with E-state index < -0.39 is 11.9 Å². The number of carbonyl (C=O) groups excluding carboxylic acids is 1. The first kappa shape index (κ1) is 16.3. The zero-order chi connectivity index (χ0) is 15.9. The van der Waals surface area contributed by atoms with E-state index in [9.17, 15) is 9.59 Å². The van der Waals surface area contributed by atoms with Crippen molar-refractivity contribution in [2.45, 2.75) is 39.0 Å². The zero-order valence-corrected chi connectivity index (χ0v) is 12.9. The molecule has 2 rings (SSSR count). The van der Waals surface area contributed by atoms with E-state index in [1.165, 1.54) is 0 Å². The van der Waals surface area contributed by atoms with Crippen molar-refractivity contribution in [1.82, 2.24) is 0 Å². The standard InChI is InChI=1S/C17H23NO4/c1-2-10-22-15-8-6-14(7-9-15)18-16(19)12-4-3-5-13(11-12)17(20)21/h6-9,12-13H,2-5,10-11H2,1H3,(H,18,19)(H,20,21). The lowest BCUT2D eigenvalue weighted by atomic mass is 9.81. The fraction of sp³-hybridized carbons (Fsp3) is 0.529. The van der Waals surface area contributed by atoms with E-state index in [0.29, 0.717) is 25.1 Å². The summed E-state index contributed by atoms with van der Waals surface area (Å²) in [6.45, 7) is 2.72. The van der Waals surface area contributed by atoms with Crippen molar-refractivity contribution in [2.24, 2.45) is 11.8 Å². The molecule has 0 aromatic heterocycles. The molecule has 0 radical (unpaired) electrons. The molecule has 0 aliphatic heterocycles. The predicted octanol–water partition coefficient (Wildman–Crippen LogP) is 3.30. The minimum atomic E-state index is -0.796. The van der Waals surface area contributed by atoms with Crippen LogP contribution < -0.4 is 10.1 Å². The van der Waals surface area contributed by atoms with Gasteiger partial charge in [-0.1, -0.05) is 13.3 Å². The molecule has 2 atom stereocenters. The topological polar surface area (TPSA) is 75.6 Å². The molecule has 1 fully saturated rings. The minimum absolute atomic E-state index is 0.0897. The molecule has 120 valence electrons. The van der Waals surface area contributed by atoms with Gasteiger partial charge in [0.15, 0.2) is 0 Å². The van der Waals surface area contributed by atoms with Gasteiger partial charge in [0.1, 0.15) is 5.75 Å². The molecule has 2 unspecified atom stereocenters. The van der Waals surface area contributed by atoms with Crippen LogP contribution in [0.1, 0.15) is 39.0 Å². The van der Waals surface area contributed by atoms with Crippen LogP contribution in [-0.2, 0) is 9.59 Å². The number of ether oxygens (including phenoxy) is 1. The number of carboxylic acids is 1. The molecule has 0 spiro atoms. The summed E-state index contributed by atoms with van der Waals surface area (Å²) in [6.07, 6.45) is 3.60. The molecule has 0 heterocycles. The van der Waals surface area contributed by atoms with Gasteiger partial charge in [0, 0.05) is 11.6 Å². The molecule has 22 heavy (non-hydrogen) atoms. The van der Waals surface area contributed by atoms with Crippen LogP contribution in [0.4, 0.5) is 5.69 Å². The SMILES string of the molecule is CCCOc1ccc(NC(=O)C2CCCC(C(=O)O)C2)cc1. The first-order valence-corrected chi connectivity index (χ1v) is 7.86. The molecule has 1 aliphatic carbocycles. The summed E-state index contributed by atoms with van der Waals surface area (Å²) in [5.41, 5.74) is 0.714. The van der Waals surface area contributed by atoms with Crippen molar-refractivity contribution in [3.63, 3.8) is 0 Å². The maximum absolute atomic E-state index is 12.3. The Kier molecular flexibility index (Phi) is 5.81. The Labute approximate surface area is 130 Å². The highest BCUT2D eigenvalue weighted by atomic mass is 16.5. The largest absolute Gasteiger partial charge is 0.494 e. The van der Waals surface area contributed by atoms with Gasteiger partial charge in [-0.15, -0.1) is 0 Å². The van der Waals surface area contributed by atoms with Crippen LogP contribution >= 0.6 is 0 Å². The summed E-state index contributed by atoms with van der Waals surface area (Å²) < 4.78 is 5.49. The van der Waals surface area contributed by atoms with Crippen LogP contribution in [-0.4, -0.2) is 23.6 Å². The Hall–Kier alpha value is -2.04. The van der Waals surface area contributed by atoms with Crippen LogP contribution in [0.25, 0.3) is 0 Å². The first-order chi connectivity index (χ1) is 10.6. The number of amides is 1. The van der Waals surface area contributed by atoms with Crippen LogP contribution in [0.2, 0.25) is 0 Å². The second-order valence-electron chi connectivity index (χ2n) is 5.76. The van der Waals surface area contributed by atoms with Crippen molar-refractivity contribution in [1.29, 1.82) is 0 Å². The van der Waals surface area contributed by atoms with E-state index in [1.54, 1.807) is 12.1 Å². The lowest BCUT2D eigenvalue weighted by Gasteiger charge is -2.25. The molecule has 5 heteroatoms. The van der Waals surface area contributed by atoms with E-state index in [-0.39, 0.29) is 11.8 Å². The van der Waals surface area contributed by atoms with Crippen molar-refractivity contribution >= 4 is 17.6 Å². The van der Waals surface area contributed by atoms with Gasteiger partial charge in [0.25, 0.3) is 0 Å². The highest BCUT2D eigenvalue weighted by molar-refractivity contribution is 5.93. The Balaban J connectivity index is 1.89. The number of hydrogen-bond donors (Lipinski definition) is 2. The van der Waals surface area contributed by atoms with E-state index in [0.717, 1.165) is 25.0 Å².